The van der Waals surface area contributed by atoms with Crippen molar-refractivity contribution in [1.29, 1.82) is 0 Å². The quantitative estimate of drug-likeness (QED) is 0.0320. The van der Waals surface area contributed by atoms with Crippen molar-refractivity contribution in [3.8, 4) is 0 Å². The SMILES string of the molecule is CCCCC/C=C\C/C=C\CCCCCCCC(=O)OCCCCCCCCCCCCCCCCCCCCCCCCCCCCC(=O)NC(CO)C(O)CCCCCCCCCCCCCCCCCCCCCCCC. The van der Waals surface area contributed by atoms with Crippen LogP contribution in [0.4, 0.5) is 0 Å². The van der Waals surface area contributed by atoms with Crippen LogP contribution in [-0.4, -0.2) is 47.4 Å². The van der Waals surface area contributed by atoms with Gasteiger partial charge in [-0.25, -0.2) is 0 Å². The molecule has 1 amide bonds. The maximum Gasteiger partial charge on any atom is 0.305 e. The number of aliphatic hydroxyl groups is 2. The normalized spacial score (nSPS) is 12.6. The molecule has 0 aliphatic heterocycles. The van der Waals surface area contributed by atoms with E-state index in [1.165, 1.54) is 327 Å². The molecule has 6 heteroatoms. The van der Waals surface area contributed by atoms with E-state index in [1.807, 2.05) is 0 Å². The molecule has 0 aromatic heterocycles. The molecule has 2 unspecified atom stereocenters. The molecule has 0 bridgehead atoms. The Bertz CT molecular complexity index is 1250. The maximum absolute atomic E-state index is 12.6. The lowest BCUT2D eigenvalue weighted by Crippen LogP contribution is -2.45. The van der Waals surface area contributed by atoms with Crippen LogP contribution in [0, 0.1) is 0 Å². The van der Waals surface area contributed by atoms with Gasteiger partial charge in [0.15, 0.2) is 0 Å². The highest BCUT2D eigenvalue weighted by Crippen LogP contribution is 2.19. The Kier molecular flexibility index (Phi) is 68.4. The molecule has 2 atom stereocenters. The van der Waals surface area contributed by atoms with Gasteiger partial charge in [0, 0.05) is 12.8 Å². The number of esters is 1. The molecule has 0 spiro atoms. The molecule has 0 aliphatic carbocycles. The highest BCUT2D eigenvalue weighted by molar-refractivity contribution is 5.76. The molecule has 0 fully saturated rings. The number of rotatable bonds is 69. The first kappa shape index (κ1) is 78.3. The van der Waals surface area contributed by atoms with E-state index in [-0.39, 0.29) is 18.5 Å². The molecule has 0 saturated heterocycles. The molecule has 80 heavy (non-hydrogen) atoms. The summed E-state index contributed by atoms with van der Waals surface area (Å²) in [5.41, 5.74) is 0. The summed E-state index contributed by atoms with van der Waals surface area (Å²) >= 11 is 0. The number of aliphatic hydroxyl groups excluding tert-OH is 2. The number of carbonyl (C=O) groups is 2. The smallest absolute Gasteiger partial charge is 0.305 e. The van der Waals surface area contributed by atoms with Crippen molar-refractivity contribution in [3.05, 3.63) is 24.3 Å². The topological polar surface area (TPSA) is 95.9 Å². The highest BCUT2D eigenvalue weighted by atomic mass is 16.5. The molecule has 3 N–H and O–H groups in total. The number of hydrogen-bond donors (Lipinski definition) is 3. The highest BCUT2D eigenvalue weighted by Gasteiger charge is 2.20. The number of allylic oxidation sites excluding steroid dienone is 4. The van der Waals surface area contributed by atoms with Gasteiger partial charge in [-0.15, -0.1) is 0 Å². The van der Waals surface area contributed by atoms with Crippen molar-refractivity contribution >= 4 is 11.9 Å². The maximum atomic E-state index is 12.6. The zero-order valence-corrected chi connectivity index (χ0v) is 54.3. The van der Waals surface area contributed by atoms with Crippen LogP contribution < -0.4 is 5.32 Å². The third-order valence-corrected chi connectivity index (χ3v) is 17.3. The van der Waals surface area contributed by atoms with Gasteiger partial charge in [0.2, 0.25) is 5.91 Å². The van der Waals surface area contributed by atoms with Gasteiger partial charge >= 0.3 is 5.97 Å². The summed E-state index contributed by atoms with van der Waals surface area (Å²) in [4.78, 5) is 24.6. The van der Waals surface area contributed by atoms with Gasteiger partial charge in [-0.3, -0.25) is 9.59 Å². The zero-order chi connectivity index (χ0) is 57.8. The first-order valence-electron chi connectivity index (χ1n) is 36.6. The molecule has 474 valence electrons. The molecule has 6 nitrogen and oxygen atoms in total. The van der Waals surface area contributed by atoms with Gasteiger partial charge in [0.05, 0.1) is 25.4 Å². The van der Waals surface area contributed by atoms with Crippen LogP contribution in [0.1, 0.15) is 412 Å². The third kappa shape index (κ3) is 65.5. The van der Waals surface area contributed by atoms with Crippen LogP contribution in [0.3, 0.4) is 0 Å². The number of carbonyl (C=O) groups excluding carboxylic acids is 2. The Morgan fingerprint density at radius 2 is 0.625 bits per heavy atom. The van der Waals surface area contributed by atoms with Gasteiger partial charge in [-0.1, -0.05) is 366 Å². The predicted octanol–water partition coefficient (Wildman–Crippen LogP) is 23.7. The molecule has 0 heterocycles. The molecule has 0 aliphatic rings. The fraction of sp³-hybridized carbons (Fsp3) is 0.919. The van der Waals surface area contributed by atoms with Gasteiger partial charge in [0.25, 0.3) is 0 Å². The van der Waals surface area contributed by atoms with Crippen molar-refractivity contribution in [2.75, 3.05) is 13.2 Å². The Balaban J connectivity index is 3.36. The summed E-state index contributed by atoms with van der Waals surface area (Å²) in [7, 11) is 0. The molecule has 0 radical (unpaired) electrons. The molecule has 0 saturated carbocycles. The Labute approximate surface area is 501 Å². The first-order chi connectivity index (χ1) is 39.5. The molecular weight excluding hydrogens is 983 g/mol. The summed E-state index contributed by atoms with van der Waals surface area (Å²) in [5.74, 6) is -0.0238. The van der Waals surface area contributed by atoms with E-state index in [2.05, 4.69) is 43.5 Å². The van der Waals surface area contributed by atoms with Crippen molar-refractivity contribution in [2.45, 2.75) is 424 Å². The molecule has 0 rings (SSSR count). The number of unbranched alkanes of at least 4 members (excludes halogenated alkanes) is 54. The van der Waals surface area contributed by atoms with E-state index in [1.54, 1.807) is 0 Å². The fourth-order valence-corrected chi connectivity index (χ4v) is 11.7. The number of hydrogen-bond acceptors (Lipinski definition) is 5. The van der Waals surface area contributed by atoms with Crippen molar-refractivity contribution in [2.24, 2.45) is 0 Å². The zero-order valence-electron chi connectivity index (χ0n) is 54.3. The lowest BCUT2D eigenvalue weighted by atomic mass is 10.0. The lowest BCUT2D eigenvalue weighted by Gasteiger charge is -2.22. The fourth-order valence-electron chi connectivity index (χ4n) is 11.7. The monoisotopic (exact) mass is 1130 g/mol. The van der Waals surface area contributed by atoms with Gasteiger partial charge in [-0.2, -0.15) is 0 Å². The average molecular weight is 1130 g/mol. The molecule has 0 aromatic rings. The summed E-state index contributed by atoms with van der Waals surface area (Å²) in [6, 6.07) is -0.541. The van der Waals surface area contributed by atoms with E-state index >= 15 is 0 Å². The standard InChI is InChI=1S/C74H143NO5/c1-3-5-7-9-11-13-15-17-19-20-21-22-29-32-35-39-42-46-50-54-58-62-66-72(77)71(70-76)75-73(78)67-63-59-55-51-47-43-40-36-33-30-27-25-23-24-26-28-31-34-37-41-45-49-53-57-61-65-69-80-74(79)68-64-60-56-52-48-44-38-18-16-14-12-10-8-6-4-2/h12,14,18,38,71-72,76-77H,3-11,13,15-17,19-37,39-70H2,1-2H3,(H,75,78)/b14-12-,38-18-. The minimum absolute atomic E-state index is 0.00417. The number of nitrogens with one attached hydrogen (secondary N) is 1. The van der Waals surface area contributed by atoms with Crippen LogP contribution in [0.2, 0.25) is 0 Å². The number of ether oxygens (including phenoxy) is 1. The summed E-state index contributed by atoms with van der Waals surface area (Å²) in [6.07, 6.45) is 88.0. The first-order valence-corrected chi connectivity index (χ1v) is 36.6. The van der Waals surface area contributed by atoms with Gasteiger partial charge < -0.3 is 20.3 Å². The second-order valence-electron chi connectivity index (χ2n) is 25.3. The predicted molar refractivity (Wildman–Crippen MR) is 352 cm³/mol. The lowest BCUT2D eigenvalue weighted by molar-refractivity contribution is -0.143. The summed E-state index contributed by atoms with van der Waals surface area (Å²) in [5, 5.41) is 23.4. The second kappa shape index (κ2) is 69.8. The minimum Gasteiger partial charge on any atom is -0.466 e. The third-order valence-electron chi connectivity index (χ3n) is 17.3. The van der Waals surface area contributed by atoms with Gasteiger partial charge in [-0.05, 0) is 57.8 Å². The minimum atomic E-state index is -0.664. The van der Waals surface area contributed by atoms with E-state index in [4.69, 9.17) is 4.74 Å². The van der Waals surface area contributed by atoms with E-state index < -0.39 is 12.1 Å². The summed E-state index contributed by atoms with van der Waals surface area (Å²) < 4.78 is 5.49. The van der Waals surface area contributed by atoms with Crippen LogP contribution in [0.15, 0.2) is 24.3 Å². The Morgan fingerprint density at radius 1 is 0.350 bits per heavy atom. The Morgan fingerprint density at radius 3 is 0.975 bits per heavy atom. The molecule has 0 aromatic carbocycles. The van der Waals surface area contributed by atoms with E-state index in [0.717, 1.165) is 51.4 Å². The van der Waals surface area contributed by atoms with Gasteiger partial charge in [0.1, 0.15) is 0 Å². The molecular formula is C74H143NO5. The van der Waals surface area contributed by atoms with Crippen molar-refractivity contribution in [3.63, 3.8) is 0 Å². The van der Waals surface area contributed by atoms with Crippen molar-refractivity contribution < 1.29 is 24.5 Å². The van der Waals surface area contributed by atoms with E-state index in [0.29, 0.717) is 25.9 Å². The number of amides is 1. The second-order valence-corrected chi connectivity index (χ2v) is 25.3. The largest absolute Gasteiger partial charge is 0.466 e. The summed E-state index contributed by atoms with van der Waals surface area (Å²) in [6.45, 7) is 4.96. The van der Waals surface area contributed by atoms with E-state index in [9.17, 15) is 19.8 Å². The van der Waals surface area contributed by atoms with Crippen LogP contribution in [0.25, 0.3) is 0 Å². The Hall–Kier alpha value is -1.66. The average Bonchev–Trinajstić information content (AvgIpc) is 3.46. The van der Waals surface area contributed by atoms with Crippen LogP contribution >= 0.6 is 0 Å². The van der Waals surface area contributed by atoms with Crippen LogP contribution in [0.5, 0.6) is 0 Å². The van der Waals surface area contributed by atoms with Crippen molar-refractivity contribution in [1.82, 2.24) is 5.32 Å². The van der Waals surface area contributed by atoms with Crippen LogP contribution in [-0.2, 0) is 14.3 Å².